The van der Waals surface area contributed by atoms with E-state index in [0.29, 0.717) is 11.3 Å². The van der Waals surface area contributed by atoms with Gasteiger partial charge in [0.25, 0.3) is 5.19 Å². The van der Waals surface area contributed by atoms with Gasteiger partial charge in [0.1, 0.15) is 11.6 Å². The lowest BCUT2D eigenvalue weighted by Crippen LogP contribution is -2.03. The topological polar surface area (TPSA) is 61.3 Å². The number of hydrogen-bond acceptors (Lipinski definition) is 6. The van der Waals surface area contributed by atoms with Gasteiger partial charge >= 0.3 is 5.97 Å². The van der Waals surface area contributed by atoms with Gasteiger partial charge in [-0.2, -0.15) is 0 Å². The molecule has 0 saturated carbocycles. The highest BCUT2D eigenvalue weighted by Crippen LogP contribution is 2.28. The minimum absolute atomic E-state index is 0.122. The van der Waals surface area contributed by atoms with Crippen molar-refractivity contribution < 1.29 is 18.7 Å². The third-order valence-corrected chi connectivity index (χ3v) is 2.97. The van der Waals surface area contributed by atoms with Crippen molar-refractivity contribution in [2.75, 3.05) is 6.61 Å². The lowest BCUT2D eigenvalue weighted by Gasteiger charge is -2.04. The summed E-state index contributed by atoms with van der Waals surface area (Å²) in [5, 5.41) is 7.73. The van der Waals surface area contributed by atoms with Gasteiger partial charge in [-0.3, -0.25) is 0 Å². The fraction of sp³-hybridized carbons (Fsp3) is 0.250. The second kappa shape index (κ2) is 5.75. The molecule has 100 valence electrons. The Morgan fingerprint density at radius 3 is 2.89 bits per heavy atom. The molecule has 5 nitrogen and oxygen atoms in total. The van der Waals surface area contributed by atoms with Crippen LogP contribution in [-0.4, -0.2) is 22.8 Å². The monoisotopic (exact) mass is 282 g/mol. The Morgan fingerprint density at radius 2 is 2.21 bits per heavy atom. The number of carbonyl (C=O) groups is 1. The molecule has 0 N–H and O–H groups in total. The summed E-state index contributed by atoms with van der Waals surface area (Å²) in [6.07, 6.45) is 0. The minimum atomic E-state index is -0.536. The summed E-state index contributed by atoms with van der Waals surface area (Å²) in [5.74, 6) is -0.409. The molecule has 0 aliphatic rings. The largest absolute Gasteiger partial charge is 0.461 e. The van der Waals surface area contributed by atoms with Crippen LogP contribution in [0.15, 0.2) is 18.2 Å². The second-order valence-electron chi connectivity index (χ2n) is 3.61. The van der Waals surface area contributed by atoms with Gasteiger partial charge in [0, 0.05) is 0 Å². The van der Waals surface area contributed by atoms with Crippen LogP contribution in [-0.2, 0) is 4.74 Å². The van der Waals surface area contributed by atoms with Crippen molar-refractivity contribution in [3.63, 3.8) is 0 Å². The van der Waals surface area contributed by atoms with Crippen molar-refractivity contribution in [2.24, 2.45) is 0 Å². The highest BCUT2D eigenvalue weighted by molar-refractivity contribution is 7.14. The third-order valence-electron chi connectivity index (χ3n) is 2.19. The maximum absolute atomic E-state index is 12.9. The molecule has 0 radical (unpaired) electrons. The highest BCUT2D eigenvalue weighted by atomic mass is 32.1. The molecule has 2 aromatic rings. The summed E-state index contributed by atoms with van der Waals surface area (Å²) in [4.78, 5) is 11.4. The molecule has 0 atom stereocenters. The maximum atomic E-state index is 12.9. The summed E-state index contributed by atoms with van der Waals surface area (Å²) in [6.45, 7) is 3.69. The average molecular weight is 282 g/mol. The summed E-state index contributed by atoms with van der Waals surface area (Å²) < 4.78 is 23.2. The van der Waals surface area contributed by atoms with Crippen LogP contribution in [0, 0.1) is 12.7 Å². The molecular formula is C12H11FN2O3S. The van der Waals surface area contributed by atoms with Crippen molar-refractivity contribution >= 4 is 17.3 Å². The number of nitrogens with zero attached hydrogens (tertiary/aromatic N) is 2. The molecule has 0 aliphatic heterocycles. The molecule has 19 heavy (non-hydrogen) atoms. The van der Waals surface area contributed by atoms with Crippen molar-refractivity contribution in [3.05, 3.63) is 34.6 Å². The number of benzene rings is 1. The number of aromatic nitrogens is 2. The van der Waals surface area contributed by atoms with Crippen LogP contribution >= 0.6 is 11.3 Å². The van der Waals surface area contributed by atoms with Crippen LogP contribution in [0.1, 0.15) is 22.3 Å². The molecule has 2 rings (SSSR count). The Kier molecular flexibility index (Phi) is 4.06. The molecule has 7 heteroatoms. The normalized spacial score (nSPS) is 10.3. The van der Waals surface area contributed by atoms with E-state index in [1.54, 1.807) is 13.8 Å². The number of aryl methyl sites for hydroxylation is 1. The zero-order chi connectivity index (χ0) is 13.8. The van der Waals surface area contributed by atoms with Gasteiger partial charge in [-0.15, -0.1) is 5.10 Å². The van der Waals surface area contributed by atoms with Crippen molar-refractivity contribution in [3.8, 4) is 10.9 Å². The van der Waals surface area contributed by atoms with Crippen LogP contribution < -0.4 is 4.74 Å². The molecule has 0 saturated heterocycles. The fourth-order valence-corrected chi connectivity index (χ4v) is 1.95. The summed E-state index contributed by atoms with van der Waals surface area (Å²) in [5.41, 5.74) is 0.632. The first kappa shape index (κ1) is 13.4. The van der Waals surface area contributed by atoms with Gasteiger partial charge in [0.15, 0.2) is 0 Å². The van der Waals surface area contributed by atoms with E-state index in [4.69, 9.17) is 9.47 Å². The Balaban J connectivity index is 2.13. The molecule has 0 aliphatic carbocycles. The lowest BCUT2D eigenvalue weighted by molar-refractivity contribution is 0.0525. The Hall–Kier alpha value is -2.02. The fourth-order valence-electron chi connectivity index (χ4n) is 1.35. The van der Waals surface area contributed by atoms with Gasteiger partial charge in [-0.05, 0) is 48.9 Å². The van der Waals surface area contributed by atoms with Crippen LogP contribution in [0.4, 0.5) is 4.39 Å². The first-order valence-electron chi connectivity index (χ1n) is 5.54. The summed E-state index contributed by atoms with van der Waals surface area (Å²) >= 11 is 0.976. The number of carbonyl (C=O) groups excluding carboxylic acids is 1. The van der Waals surface area contributed by atoms with E-state index < -0.39 is 5.97 Å². The summed E-state index contributed by atoms with van der Waals surface area (Å²) in [7, 11) is 0. The molecule has 1 heterocycles. The average Bonchev–Trinajstić information content (AvgIpc) is 2.82. The number of halogens is 1. The summed E-state index contributed by atoms with van der Waals surface area (Å²) in [6, 6.07) is 4.13. The molecule has 0 fully saturated rings. The maximum Gasteiger partial charge on any atom is 0.369 e. The molecule has 1 aromatic carbocycles. The molecule has 0 bridgehead atoms. The van der Waals surface area contributed by atoms with Crippen LogP contribution in [0.3, 0.4) is 0 Å². The Morgan fingerprint density at radius 1 is 1.42 bits per heavy atom. The second-order valence-corrected chi connectivity index (χ2v) is 4.55. The molecule has 1 aromatic heterocycles. The third kappa shape index (κ3) is 3.25. The number of rotatable bonds is 4. The van der Waals surface area contributed by atoms with Crippen molar-refractivity contribution in [1.29, 1.82) is 0 Å². The van der Waals surface area contributed by atoms with Crippen molar-refractivity contribution in [1.82, 2.24) is 10.2 Å². The predicted octanol–water partition coefficient (Wildman–Crippen LogP) is 2.95. The SMILES string of the molecule is CCOC(=O)c1nnc(Oc2ccc(F)cc2C)s1. The quantitative estimate of drug-likeness (QED) is 0.807. The minimum Gasteiger partial charge on any atom is -0.461 e. The number of hydrogen-bond donors (Lipinski definition) is 0. The number of esters is 1. The molecule has 0 amide bonds. The van der Waals surface area contributed by atoms with Gasteiger partial charge in [0.2, 0.25) is 5.01 Å². The van der Waals surface area contributed by atoms with E-state index in [2.05, 4.69) is 10.2 Å². The molecular weight excluding hydrogens is 271 g/mol. The van der Waals surface area contributed by atoms with E-state index in [9.17, 15) is 9.18 Å². The number of ether oxygens (including phenoxy) is 2. The van der Waals surface area contributed by atoms with E-state index in [1.165, 1.54) is 18.2 Å². The first-order chi connectivity index (χ1) is 9.10. The zero-order valence-electron chi connectivity index (χ0n) is 10.3. The van der Waals surface area contributed by atoms with E-state index in [0.717, 1.165) is 11.3 Å². The van der Waals surface area contributed by atoms with Gasteiger partial charge in [-0.1, -0.05) is 5.10 Å². The van der Waals surface area contributed by atoms with E-state index in [-0.39, 0.29) is 22.6 Å². The van der Waals surface area contributed by atoms with Crippen molar-refractivity contribution in [2.45, 2.75) is 13.8 Å². The van der Waals surface area contributed by atoms with Crippen LogP contribution in [0.25, 0.3) is 0 Å². The molecule has 0 unspecified atom stereocenters. The smallest absolute Gasteiger partial charge is 0.369 e. The Bertz CT molecular complexity index is 600. The standard InChI is InChI=1S/C12H11FN2O3S/c1-3-17-11(16)10-14-15-12(19-10)18-9-5-4-8(13)6-7(9)2/h4-6H,3H2,1-2H3. The van der Waals surface area contributed by atoms with Crippen LogP contribution in [0.5, 0.6) is 10.9 Å². The van der Waals surface area contributed by atoms with Gasteiger partial charge in [-0.25, -0.2) is 9.18 Å². The van der Waals surface area contributed by atoms with E-state index in [1.807, 2.05) is 0 Å². The van der Waals surface area contributed by atoms with E-state index >= 15 is 0 Å². The first-order valence-corrected chi connectivity index (χ1v) is 6.36. The highest BCUT2D eigenvalue weighted by Gasteiger charge is 2.15. The zero-order valence-corrected chi connectivity index (χ0v) is 11.2. The lowest BCUT2D eigenvalue weighted by atomic mass is 10.2. The van der Waals surface area contributed by atoms with Crippen LogP contribution in [0.2, 0.25) is 0 Å². The van der Waals surface area contributed by atoms with Gasteiger partial charge < -0.3 is 9.47 Å². The Labute approximate surface area is 113 Å². The van der Waals surface area contributed by atoms with Gasteiger partial charge in [0.05, 0.1) is 6.61 Å². The predicted molar refractivity (Wildman–Crippen MR) is 67.1 cm³/mol. The molecule has 0 spiro atoms.